The third kappa shape index (κ3) is 2.45. The Bertz CT molecular complexity index is 640. The highest BCUT2D eigenvalue weighted by atomic mass is 32.2. The summed E-state index contributed by atoms with van der Waals surface area (Å²) in [5.74, 6) is -1.03. The molecule has 8 heteroatoms. The monoisotopic (exact) mass is 288 g/mol. The second-order valence-electron chi connectivity index (χ2n) is 4.58. The SMILES string of the molecule is Cc1cc(F)c([N+](=O)[O-])cc1S(=O)(=O)N(C)C1CC1. The van der Waals surface area contributed by atoms with Crippen LogP contribution in [0.15, 0.2) is 17.0 Å². The number of aryl methyl sites for hydroxylation is 1. The van der Waals surface area contributed by atoms with Gasteiger partial charge in [-0.15, -0.1) is 0 Å². The molecule has 2 rings (SSSR count). The first kappa shape index (κ1) is 13.9. The lowest BCUT2D eigenvalue weighted by molar-refractivity contribution is -0.387. The average Bonchev–Trinajstić information content (AvgIpc) is 3.10. The maximum absolute atomic E-state index is 13.4. The minimum atomic E-state index is -3.82. The molecule has 6 nitrogen and oxygen atoms in total. The molecule has 0 unspecified atom stereocenters. The number of nitrogens with zero attached hydrogens (tertiary/aromatic N) is 2. The molecular formula is C11H13FN2O4S. The van der Waals surface area contributed by atoms with Gasteiger partial charge in [0, 0.05) is 19.2 Å². The van der Waals surface area contributed by atoms with E-state index >= 15 is 0 Å². The molecule has 0 saturated heterocycles. The van der Waals surface area contributed by atoms with Gasteiger partial charge in [0.15, 0.2) is 0 Å². The van der Waals surface area contributed by atoms with E-state index in [0.717, 1.165) is 25.0 Å². The van der Waals surface area contributed by atoms with Gasteiger partial charge in [0.25, 0.3) is 0 Å². The normalized spacial score (nSPS) is 15.8. The highest BCUT2D eigenvalue weighted by Gasteiger charge is 2.36. The van der Waals surface area contributed by atoms with Gasteiger partial charge in [-0.1, -0.05) is 0 Å². The van der Waals surface area contributed by atoms with E-state index in [1.807, 2.05) is 0 Å². The van der Waals surface area contributed by atoms with Crippen LogP contribution in [0.4, 0.5) is 10.1 Å². The van der Waals surface area contributed by atoms with Crippen LogP contribution in [-0.4, -0.2) is 30.7 Å². The zero-order valence-corrected chi connectivity index (χ0v) is 11.3. The molecule has 0 atom stereocenters. The van der Waals surface area contributed by atoms with Crippen molar-refractivity contribution in [3.05, 3.63) is 33.6 Å². The lowest BCUT2D eigenvalue weighted by Crippen LogP contribution is -2.29. The zero-order chi connectivity index (χ0) is 14.4. The molecular weight excluding hydrogens is 275 g/mol. The Morgan fingerprint density at radius 3 is 2.47 bits per heavy atom. The Kier molecular flexibility index (Phi) is 3.31. The smallest absolute Gasteiger partial charge is 0.258 e. The van der Waals surface area contributed by atoms with Crippen molar-refractivity contribution >= 4 is 15.7 Å². The Balaban J connectivity index is 2.55. The van der Waals surface area contributed by atoms with Crippen molar-refractivity contribution in [1.29, 1.82) is 0 Å². The summed E-state index contributed by atoms with van der Waals surface area (Å²) in [6.07, 6.45) is 1.55. The number of nitro benzene ring substituents is 1. The van der Waals surface area contributed by atoms with Gasteiger partial charge < -0.3 is 0 Å². The molecule has 0 bridgehead atoms. The van der Waals surface area contributed by atoms with Crippen LogP contribution in [0.5, 0.6) is 0 Å². The van der Waals surface area contributed by atoms with Crippen molar-refractivity contribution < 1.29 is 17.7 Å². The van der Waals surface area contributed by atoms with Crippen molar-refractivity contribution in [3.63, 3.8) is 0 Å². The van der Waals surface area contributed by atoms with Crippen LogP contribution >= 0.6 is 0 Å². The summed E-state index contributed by atoms with van der Waals surface area (Å²) in [4.78, 5) is 9.55. The van der Waals surface area contributed by atoms with Gasteiger partial charge in [-0.2, -0.15) is 8.70 Å². The summed E-state index contributed by atoms with van der Waals surface area (Å²) < 4.78 is 39.2. The predicted octanol–water partition coefficient (Wildman–Crippen LogP) is 1.83. The molecule has 0 N–H and O–H groups in total. The molecule has 1 aromatic rings. The van der Waals surface area contributed by atoms with Gasteiger partial charge in [-0.05, 0) is 31.4 Å². The van der Waals surface area contributed by atoms with Crippen LogP contribution in [0.1, 0.15) is 18.4 Å². The summed E-state index contributed by atoms with van der Waals surface area (Å²) >= 11 is 0. The number of rotatable bonds is 4. The Labute approximate surface area is 110 Å². The number of sulfonamides is 1. The molecule has 1 aliphatic rings. The van der Waals surface area contributed by atoms with E-state index in [1.165, 1.54) is 18.3 Å². The highest BCUT2D eigenvalue weighted by Crippen LogP contribution is 2.33. The molecule has 19 heavy (non-hydrogen) atoms. The Morgan fingerprint density at radius 2 is 2.00 bits per heavy atom. The van der Waals surface area contributed by atoms with Crippen LogP contribution in [0.3, 0.4) is 0 Å². The molecule has 1 aliphatic carbocycles. The van der Waals surface area contributed by atoms with Gasteiger partial charge in [-0.3, -0.25) is 10.1 Å². The molecule has 0 aromatic heterocycles. The molecule has 0 aliphatic heterocycles. The number of benzene rings is 1. The van der Waals surface area contributed by atoms with E-state index < -0.39 is 26.5 Å². The quantitative estimate of drug-likeness (QED) is 0.625. The van der Waals surface area contributed by atoms with E-state index in [9.17, 15) is 22.9 Å². The standard InChI is InChI=1S/C11H13FN2O4S/c1-7-5-9(12)10(14(15)16)6-11(7)19(17,18)13(2)8-3-4-8/h5-6,8H,3-4H2,1-2H3. The first-order valence-corrected chi connectivity index (χ1v) is 7.11. The molecule has 0 amide bonds. The van der Waals surface area contributed by atoms with E-state index in [2.05, 4.69) is 0 Å². The molecule has 1 saturated carbocycles. The molecule has 0 heterocycles. The molecule has 1 fully saturated rings. The maximum atomic E-state index is 13.4. The van der Waals surface area contributed by atoms with Crippen LogP contribution in [-0.2, 0) is 10.0 Å². The largest absolute Gasteiger partial charge is 0.306 e. The first-order valence-electron chi connectivity index (χ1n) is 5.67. The summed E-state index contributed by atoms with van der Waals surface area (Å²) in [5, 5.41) is 10.7. The number of hydrogen-bond donors (Lipinski definition) is 0. The van der Waals surface area contributed by atoms with Crippen LogP contribution in [0, 0.1) is 22.9 Å². The fourth-order valence-electron chi connectivity index (χ4n) is 1.85. The van der Waals surface area contributed by atoms with Crippen molar-refractivity contribution in [3.8, 4) is 0 Å². The fraction of sp³-hybridized carbons (Fsp3) is 0.455. The third-order valence-electron chi connectivity index (χ3n) is 3.16. The molecule has 0 radical (unpaired) electrons. The molecule has 0 spiro atoms. The predicted molar refractivity (Wildman–Crippen MR) is 65.8 cm³/mol. The Hall–Kier alpha value is -1.54. The minimum Gasteiger partial charge on any atom is -0.258 e. The summed E-state index contributed by atoms with van der Waals surface area (Å²) in [7, 11) is -2.38. The van der Waals surface area contributed by atoms with Crippen LogP contribution < -0.4 is 0 Å². The molecule has 104 valence electrons. The Morgan fingerprint density at radius 1 is 1.42 bits per heavy atom. The van der Waals surface area contributed by atoms with Crippen LogP contribution in [0.25, 0.3) is 0 Å². The van der Waals surface area contributed by atoms with Crippen molar-refractivity contribution in [2.45, 2.75) is 30.7 Å². The molecule has 1 aromatic carbocycles. The van der Waals surface area contributed by atoms with Crippen molar-refractivity contribution in [1.82, 2.24) is 4.31 Å². The summed E-state index contributed by atoms with van der Waals surface area (Å²) in [6, 6.07) is 1.61. The fourth-order valence-corrected chi connectivity index (χ4v) is 3.49. The lowest BCUT2D eigenvalue weighted by atomic mass is 10.2. The minimum absolute atomic E-state index is 0.0616. The topological polar surface area (TPSA) is 80.5 Å². The number of nitro groups is 1. The highest BCUT2D eigenvalue weighted by molar-refractivity contribution is 7.89. The summed E-state index contributed by atoms with van der Waals surface area (Å²) in [5.41, 5.74) is -0.663. The van der Waals surface area contributed by atoms with E-state index in [1.54, 1.807) is 0 Å². The van der Waals surface area contributed by atoms with Gasteiger partial charge in [0.1, 0.15) is 0 Å². The first-order chi connectivity index (χ1) is 8.75. The third-order valence-corrected chi connectivity index (χ3v) is 5.21. The van der Waals surface area contributed by atoms with Crippen molar-refractivity contribution in [2.24, 2.45) is 0 Å². The second kappa shape index (κ2) is 4.53. The second-order valence-corrected chi connectivity index (χ2v) is 6.54. The zero-order valence-electron chi connectivity index (χ0n) is 10.5. The van der Waals surface area contributed by atoms with E-state index in [4.69, 9.17) is 0 Å². The number of hydrogen-bond acceptors (Lipinski definition) is 4. The van der Waals surface area contributed by atoms with Crippen molar-refractivity contribution in [2.75, 3.05) is 7.05 Å². The maximum Gasteiger partial charge on any atom is 0.306 e. The van der Waals surface area contributed by atoms with Gasteiger partial charge in [0.05, 0.1) is 9.82 Å². The van der Waals surface area contributed by atoms with Gasteiger partial charge in [-0.25, -0.2) is 8.42 Å². The summed E-state index contributed by atoms with van der Waals surface area (Å²) in [6.45, 7) is 1.42. The lowest BCUT2D eigenvalue weighted by Gasteiger charge is -2.17. The van der Waals surface area contributed by atoms with E-state index in [-0.39, 0.29) is 16.5 Å². The number of halogens is 1. The average molecular weight is 288 g/mol. The van der Waals surface area contributed by atoms with Gasteiger partial charge >= 0.3 is 5.69 Å². The van der Waals surface area contributed by atoms with E-state index in [0.29, 0.717) is 0 Å². The van der Waals surface area contributed by atoms with Crippen LogP contribution in [0.2, 0.25) is 0 Å². The van der Waals surface area contributed by atoms with Gasteiger partial charge in [0.2, 0.25) is 15.8 Å².